The number of rotatable bonds is 3. The fourth-order valence-corrected chi connectivity index (χ4v) is 2.06. The highest BCUT2D eigenvalue weighted by Gasteiger charge is 2.31. The van der Waals surface area contributed by atoms with E-state index in [0.29, 0.717) is 11.5 Å². The van der Waals surface area contributed by atoms with Crippen LogP contribution < -0.4 is 0 Å². The Hall–Kier alpha value is -1.18. The van der Waals surface area contributed by atoms with E-state index < -0.39 is 0 Å². The van der Waals surface area contributed by atoms with Crippen molar-refractivity contribution in [2.75, 3.05) is 6.67 Å². The van der Waals surface area contributed by atoms with Gasteiger partial charge in [0.25, 0.3) is 0 Å². The third-order valence-corrected chi connectivity index (χ3v) is 3.09. The van der Waals surface area contributed by atoms with Gasteiger partial charge in [0, 0.05) is 5.56 Å². The van der Waals surface area contributed by atoms with Gasteiger partial charge in [0.15, 0.2) is 0 Å². The molecule has 0 heterocycles. The molecule has 14 heavy (non-hydrogen) atoms. The summed E-state index contributed by atoms with van der Waals surface area (Å²) < 4.78 is 12.5. The van der Waals surface area contributed by atoms with Gasteiger partial charge in [0.1, 0.15) is 6.29 Å². The van der Waals surface area contributed by atoms with E-state index in [2.05, 4.69) is 0 Å². The molecule has 0 radical (unpaired) electrons. The maximum atomic E-state index is 12.5. The molecule has 0 spiro atoms. The molecule has 1 saturated carbocycles. The van der Waals surface area contributed by atoms with Gasteiger partial charge >= 0.3 is 0 Å². The van der Waals surface area contributed by atoms with E-state index in [0.717, 1.165) is 24.7 Å². The Labute approximate surface area is 82.9 Å². The molecule has 1 nitrogen and oxygen atoms in total. The third-order valence-electron chi connectivity index (χ3n) is 3.09. The van der Waals surface area contributed by atoms with E-state index in [1.54, 1.807) is 6.07 Å². The van der Waals surface area contributed by atoms with Crippen LogP contribution in [0.1, 0.15) is 34.7 Å². The highest BCUT2D eigenvalue weighted by Crippen LogP contribution is 2.42. The molecule has 0 aromatic heterocycles. The second-order valence-corrected chi connectivity index (χ2v) is 3.89. The van der Waals surface area contributed by atoms with Gasteiger partial charge in [-0.15, -0.1) is 0 Å². The minimum absolute atomic E-state index is 0.178. The number of hydrogen-bond donors (Lipinski definition) is 0. The number of aldehydes is 1. The molecular formula is C12H13FO. The molecular weight excluding hydrogens is 179 g/mol. The molecule has 2 atom stereocenters. The van der Waals surface area contributed by atoms with Gasteiger partial charge in [-0.1, -0.05) is 18.2 Å². The maximum absolute atomic E-state index is 12.5. The molecule has 1 aromatic carbocycles. The van der Waals surface area contributed by atoms with Crippen molar-refractivity contribution in [3.63, 3.8) is 0 Å². The van der Waals surface area contributed by atoms with Crippen molar-refractivity contribution in [3.8, 4) is 0 Å². The van der Waals surface area contributed by atoms with Crippen LogP contribution in [0.4, 0.5) is 4.39 Å². The third kappa shape index (κ3) is 1.57. The number of carbonyl (C=O) groups is 1. The first-order chi connectivity index (χ1) is 6.85. The quantitative estimate of drug-likeness (QED) is 0.673. The Balaban J connectivity index is 2.19. The van der Waals surface area contributed by atoms with Crippen molar-refractivity contribution in [1.29, 1.82) is 0 Å². The minimum Gasteiger partial charge on any atom is -0.298 e. The standard InChI is InChI=1S/C12H13FO/c13-7-11-4-5-12(11)10-3-1-2-9(6-10)8-14/h1-3,6,8,11-12H,4-5,7H2. The summed E-state index contributed by atoms with van der Waals surface area (Å²) in [4.78, 5) is 10.6. The van der Waals surface area contributed by atoms with Crippen LogP contribution in [0.5, 0.6) is 0 Å². The van der Waals surface area contributed by atoms with E-state index in [4.69, 9.17) is 0 Å². The molecule has 1 aliphatic carbocycles. The van der Waals surface area contributed by atoms with E-state index in [9.17, 15) is 9.18 Å². The lowest BCUT2D eigenvalue weighted by Gasteiger charge is -2.35. The Morgan fingerprint density at radius 3 is 2.86 bits per heavy atom. The zero-order chi connectivity index (χ0) is 9.97. The Kier molecular flexibility index (Phi) is 2.62. The summed E-state index contributed by atoms with van der Waals surface area (Å²) >= 11 is 0. The molecule has 2 unspecified atom stereocenters. The molecule has 2 rings (SSSR count). The SMILES string of the molecule is O=Cc1cccc(C2CCC2CF)c1. The van der Waals surface area contributed by atoms with E-state index in [1.807, 2.05) is 18.2 Å². The minimum atomic E-state index is -0.240. The average molecular weight is 192 g/mol. The average Bonchev–Trinajstić information content (AvgIpc) is 2.17. The summed E-state index contributed by atoms with van der Waals surface area (Å²) in [5.74, 6) is 0.511. The number of hydrogen-bond acceptors (Lipinski definition) is 1. The van der Waals surface area contributed by atoms with Crippen LogP contribution >= 0.6 is 0 Å². The van der Waals surface area contributed by atoms with E-state index in [1.165, 1.54) is 0 Å². The molecule has 0 aliphatic heterocycles. The largest absolute Gasteiger partial charge is 0.298 e. The normalized spacial score (nSPS) is 25.5. The van der Waals surface area contributed by atoms with Gasteiger partial charge in [-0.25, -0.2) is 0 Å². The first-order valence-electron chi connectivity index (χ1n) is 4.96. The van der Waals surface area contributed by atoms with Gasteiger partial charge in [0.2, 0.25) is 0 Å². The fourth-order valence-electron chi connectivity index (χ4n) is 2.06. The zero-order valence-electron chi connectivity index (χ0n) is 7.95. The lowest BCUT2D eigenvalue weighted by molar-refractivity contribution is 0.112. The van der Waals surface area contributed by atoms with Gasteiger partial charge < -0.3 is 0 Å². The van der Waals surface area contributed by atoms with Gasteiger partial charge in [-0.2, -0.15) is 0 Å². The van der Waals surface area contributed by atoms with E-state index >= 15 is 0 Å². The van der Waals surface area contributed by atoms with Crippen molar-refractivity contribution in [2.24, 2.45) is 5.92 Å². The van der Waals surface area contributed by atoms with Crippen LogP contribution in [0.2, 0.25) is 0 Å². The van der Waals surface area contributed by atoms with Gasteiger partial charge in [-0.05, 0) is 36.3 Å². The summed E-state index contributed by atoms with van der Waals surface area (Å²) in [6, 6.07) is 7.51. The van der Waals surface area contributed by atoms with Crippen LogP contribution in [0.15, 0.2) is 24.3 Å². The topological polar surface area (TPSA) is 17.1 Å². The lowest BCUT2D eigenvalue weighted by atomic mass is 9.70. The summed E-state index contributed by atoms with van der Waals surface area (Å²) in [5, 5.41) is 0. The molecule has 1 fully saturated rings. The van der Waals surface area contributed by atoms with Gasteiger partial charge in [0.05, 0.1) is 6.67 Å². The highest BCUT2D eigenvalue weighted by atomic mass is 19.1. The molecule has 2 heteroatoms. The number of carbonyl (C=O) groups excluding carboxylic acids is 1. The van der Waals surface area contributed by atoms with Crippen molar-refractivity contribution < 1.29 is 9.18 Å². The first kappa shape index (κ1) is 9.38. The van der Waals surface area contributed by atoms with Gasteiger partial charge in [-0.3, -0.25) is 9.18 Å². The smallest absolute Gasteiger partial charge is 0.150 e. The fraction of sp³-hybridized carbons (Fsp3) is 0.417. The molecule has 0 N–H and O–H groups in total. The van der Waals surface area contributed by atoms with Crippen LogP contribution in [-0.2, 0) is 0 Å². The molecule has 0 amide bonds. The lowest BCUT2D eigenvalue weighted by Crippen LogP contribution is -2.25. The highest BCUT2D eigenvalue weighted by molar-refractivity contribution is 5.75. The first-order valence-corrected chi connectivity index (χ1v) is 4.96. The Morgan fingerprint density at radius 1 is 1.43 bits per heavy atom. The van der Waals surface area contributed by atoms with Crippen LogP contribution in [-0.4, -0.2) is 13.0 Å². The van der Waals surface area contributed by atoms with Crippen molar-refractivity contribution >= 4 is 6.29 Å². The van der Waals surface area contributed by atoms with Crippen LogP contribution in [0.3, 0.4) is 0 Å². The molecule has 0 bridgehead atoms. The predicted octanol–water partition coefficient (Wildman–Crippen LogP) is 2.96. The molecule has 1 aliphatic rings. The van der Waals surface area contributed by atoms with Crippen LogP contribution in [0.25, 0.3) is 0 Å². The summed E-state index contributed by atoms with van der Waals surface area (Å²) in [6.45, 7) is -0.240. The monoisotopic (exact) mass is 192 g/mol. The number of alkyl halides is 1. The van der Waals surface area contributed by atoms with Crippen molar-refractivity contribution in [1.82, 2.24) is 0 Å². The Bertz CT molecular complexity index is 333. The van der Waals surface area contributed by atoms with Crippen molar-refractivity contribution in [3.05, 3.63) is 35.4 Å². The predicted molar refractivity (Wildman–Crippen MR) is 53.3 cm³/mol. The molecule has 74 valence electrons. The zero-order valence-corrected chi connectivity index (χ0v) is 7.95. The Morgan fingerprint density at radius 2 is 2.29 bits per heavy atom. The molecule has 0 saturated heterocycles. The summed E-state index contributed by atoms with van der Waals surface area (Å²) in [5.41, 5.74) is 1.80. The van der Waals surface area contributed by atoms with Crippen LogP contribution in [0, 0.1) is 5.92 Å². The van der Waals surface area contributed by atoms with E-state index in [-0.39, 0.29) is 12.6 Å². The summed E-state index contributed by atoms with van der Waals surface area (Å²) in [6.07, 6.45) is 2.87. The second-order valence-electron chi connectivity index (χ2n) is 3.89. The van der Waals surface area contributed by atoms with Crippen molar-refractivity contribution in [2.45, 2.75) is 18.8 Å². The number of benzene rings is 1. The maximum Gasteiger partial charge on any atom is 0.150 e. The molecule has 1 aromatic rings. The summed E-state index contributed by atoms with van der Waals surface area (Å²) in [7, 11) is 0. The number of halogens is 1. The second kappa shape index (κ2) is 3.91.